The molecule has 2 rings (SSSR count). The van der Waals surface area contributed by atoms with E-state index in [0.717, 1.165) is 25.9 Å². The quantitative estimate of drug-likeness (QED) is 0.845. The van der Waals surface area contributed by atoms with Gasteiger partial charge in [0.1, 0.15) is 6.04 Å². The van der Waals surface area contributed by atoms with Crippen LogP contribution in [-0.2, 0) is 11.3 Å². The molecule has 1 heterocycles. The Hall–Kier alpha value is -1.35. The molecule has 1 aliphatic heterocycles. The van der Waals surface area contributed by atoms with Crippen molar-refractivity contribution in [3.63, 3.8) is 0 Å². The number of hydrogen-bond acceptors (Lipinski definition) is 2. The molecule has 3 nitrogen and oxygen atoms in total. The fourth-order valence-corrected chi connectivity index (χ4v) is 2.34. The highest BCUT2D eigenvalue weighted by molar-refractivity contribution is 5.73. The summed E-state index contributed by atoms with van der Waals surface area (Å²) in [4.78, 5) is 13.1. The van der Waals surface area contributed by atoms with Gasteiger partial charge < -0.3 is 5.11 Å². The molecule has 1 aliphatic rings. The largest absolute Gasteiger partial charge is 0.480 e. The molecule has 0 bridgehead atoms. The van der Waals surface area contributed by atoms with Gasteiger partial charge >= 0.3 is 5.97 Å². The van der Waals surface area contributed by atoms with Crippen LogP contribution in [0.4, 0.5) is 0 Å². The number of carboxylic acids is 1. The molecule has 86 valence electrons. The standard InChI is InChI=1S/C13H17NO2/c1-10-4-2-5-11(8-10)9-14-7-3-6-12(14)13(15)16/h2,4-5,8,12H,3,6-7,9H2,1H3,(H,15,16). The molecule has 1 fully saturated rings. The number of carboxylic acid groups (broad SMARTS) is 1. The van der Waals surface area contributed by atoms with Gasteiger partial charge in [0, 0.05) is 6.54 Å². The van der Waals surface area contributed by atoms with Crippen molar-refractivity contribution in [1.82, 2.24) is 4.90 Å². The van der Waals surface area contributed by atoms with Crippen LogP contribution in [0.15, 0.2) is 24.3 Å². The maximum Gasteiger partial charge on any atom is 0.320 e. The average Bonchev–Trinajstić information content (AvgIpc) is 2.66. The van der Waals surface area contributed by atoms with Crippen molar-refractivity contribution in [3.05, 3.63) is 35.4 Å². The van der Waals surface area contributed by atoms with E-state index in [1.807, 2.05) is 6.07 Å². The highest BCUT2D eigenvalue weighted by atomic mass is 16.4. The van der Waals surface area contributed by atoms with Gasteiger partial charge in [-0.05, 0) is 31.9 Å². The second kappa shape index (κ2) is 4.66. The van der Waals surface area contributed by atoms with Crippen LogP contribution in [0.25, 0.3) is 0 Å². The molecule has 0 amide bonds. The smallest absolute Gasteiger partial charge is 0.320 e. The van der Waals surface area contributed by atoms with Gasteiger partial charge in [0.25, 0.3) is 0 Å². The predicted octanol–water partition coefficient (Wildman–Crippen LogP) is 2.04. The van der Waals surface area contributed by atoms with Gasteiger partial charge in [0.05, 0.1) is 0 Å². The lowest BCUT2D eigenvalue weighted by molar-refractivity contribution is -0.142. The van der Waals surface area contributed by atoms with Crippen molar-refractivity contribution < 1.29 is 9.90 Å². The Morgan fingerprint density at radius 2 is 2.38 bits per heavy atom. The summed E-state index contributed by atoms with van der Waals surface area (Å²) in [5.74, 6) is -0.690. The molecule has 1 N–H and O–H groups in total. The fraction of sp³-hybridized carbons (Fsp3) is 0.462. The van der Waals surface area contributed by atoms with E-state index >= 15 is 0 Å². The van der Waals surface area contributed by atoms with Crippen LogP contribution in [0.2, 0.25) is 0 Å². The highest BCUT2D eigenvalue weighted by Gasteiger charge is 2.30. The van der Waals surface area contributed by atoms with Crippen LogP contribution in [-0.4, -0.2) is 28.6 Å². The minimum absolute atomic E-state index is 0.291. The number of rotatable bonds is 3. The second-order valence-electron chi connectivity index (χ2n) is 4.46. The first-order chi connectivity index (χ1) is 7.66. The third kappa shape index (κ3) is 2.42. The highest BCUT2D eigenvalue weighted by Crippen LogP contribution is 2.20. The molecule has 0 saturated carbocycles. The molecule has 1 unspecified atom stereocenters. The molecule has 0 radical (unpaired) electrons. The average molecular weight is 219 g/mol. The molecular formula is C13H17NO2. The van der Waals surface area contributed by atoms with Gasteiger partial charge in [-0.2, -0.15) is 0 Å². The summed E-state index contributed by atoms with van der Waals surface area (Å²) in [6.45, 7) is 3.70. The van der Waals surface area contributed by atoms with Crippen molar-refractivity contribution in [1.29, 1.82) is 0 Å². The Morgan fingerprint density at radius 1 is 1.56 bits per heavy atom. The summed E-state index contributed by atoms with van der Waals surface area (Å²) in [7, 11) is 0. The number of likely N-dealkylation sites (tertiary alicyclic amines) is 1. The van der Waals surface area contributed by atoms with Crippen LogP contribution in [0.1, 0.15) is 24.0 Å². The second-order valence-corrected chi connectivity index (χ2v) is 4.46. The predicted molar refractivity (Wildman–Crippen MR) is 62.2 cm³/mol. The maximum atomic E-state index is 11.0. The summed E-state index contributed by atoms with van der Waals surface area (Å²) < 4.78 is 0. The molecule has 0 spiro atoms. The number of aliphatic carboxylic acids is 1. The van der Waals surface area contributed by atoms with E-state index in [9.17, 15) is 4.79 Å². The van der Waals surface area contributed by atoms with Gasteiger partial charge in [-0.3, -0.25) is 9.69 Å². The number of benzene rings is 1. The first-order valence-electron chi connectivity index (χ1n) is 5.69. The molecule has 1 aromatic rings. The van der Waals surface area contributed by atoms with E-state index in [-0.39, 0.29) is 6.04 Å². The summed E-state index contributed by atoms with van der Waals surface area (Å²) in [6, 6.07) is 7.97. The minimum Gasteiger partial charge on any atom is -0.480 e. The lowest BCUT2D eigenvalue weighted by atomic mass is 10.1. The van der Waals surface area contributed by atoms with E-state index in [2.05, 4.69) is 30.0 Å². The molecule has 3 heteroatoms. The number of aryl methyl sites for hydroxylation is 1. The zero-order valence-electron chi connectivity index (χ0n) is 9.52. The normalized spacial score (nSPS) is 21.2. The zero-order valence-corrected chi connectivity index (χ0v) is 9.52. The Kier molecular flexibility index (Phi) is 3.25. The Balaban J connectivity index is 2.06. The summed E-state index contributed by atoms with van der Waals surface area (Å²) >= 11 is 0. The molecule has 1 aromatic carbocycles. The van der Waals surface area contributed by atoms with Crippen LogP contribution in [0.3, 0.4) is 0 Å². The van der Waals surface area contributed by atoms with Crippen molar-refractivity contribution in [2.24, 2.45) is 0 Å². The maximum absolute atomic E-state index is 11.0. The zero-order chi connectivity index (χ0) is 11.5. The van der Waals surface area contributed by atoms with Gasteiger partial charge in [-0.25, -0.2) is 0 Å². The van der Waals surface area contributed by atoms with E-state index in [0.29, 0.717) is 0 Å². The summed E-state index contributed by atoms with van der Waals surface area (Å²) in [5.41, 5.74) is 2.43. The monoisotopic (exact) mass is 219 g/mol. The third-order valence-corrected chi connectivity index (χ3v) is 3.12. The van der Waals surface area contributed by atoms with E-state index in [1.165, 1.54) is 11.1 Å². The van der Waals surface area contributed by atoms with Crippen molar-refractivity contribution in [2.45, 2.75) is 32.4 Å². The van der Waals surface area contributed by atoms with Gasteiger partial charge in [-0.15, -0.1) is 0 Å². The summed E-state index contributed by atoms with van der Waals surface area (Å²) in [5, 5.41) is 9.07. The Bertz CT molecular complexity index is 389. The Labute approximate surface area is 95.7 Å². The van der Waals surface area contributed by atoms with Crippen molar-refractivity contribution >= 4 is 5.97 Å². The van der Waals surface area contributed by atoms with E-state index in [1.54, 1.807) is 0 Å². The molecule has 0 aromatic heterocycles. The number of carbonyl (C=O) groups is 1. The molecule has 1 saturated heterocycles. The molecule has 1 atom stereocenters. The van der Waals surface area contributed by atoms with Crippen LogP contribution in [0.5, 0.6) is 0 Å². The Morgan fingerprint density at radius 3 is 3.06 bits per heavy atom. The number of nitrogens with zero attached hydrogens (tertiary/aromatic N) is 1. The van der Waals surface area contributed by atoms with Crippen LogP contribution < -0.4 is 0 Å². The SMILES string of the molecule is Cc1cccc(CN2CCCC2C(=O)O)c1. The number of hydrogen-bond donors (Lipinski definition) is 1. The molecule has 0 aliphatic carbocycles. The third-order valence-electron chi connectivity index (χ3n) is 3.12. The molecular weight excluding hydrogens is 202 g/mol. The summed E-state index contributed by atoms with van der Waals surface area (Å²) in [6.07, 6.45) is 1.77. The minimum atomic E-state index is -0.690. The van der Waals surface area contributed by atoms with Gasteiger partial charge in [0.15, 0.2) is 0 Å². The molecule has 16 heavy (non-hydrogen) atoms. The fourth-order valence-electron chi connectivity index (χ4n) is 2.34. The van der Waals surface area contributed by atoms with Gasteiger partial charge in [-0.1, -0.05) is 29.8 Å². The van der Waals surface area contributed by atoms with E-state index < -0.39 is 5.97 Å². The lowest BCUT2D eigenvalue weighted by Crippen LogP contribution is -2.35. The first-order valence-corrected chi connectivity index (χ1v) is 5.69. The van der Waals surface area contributed by atoms with E-state index in [4.69, 9.17) is 5.11 Å². The van der Waals surface area contributed by atoms with Crippen molar-refractivity contribution in [3.8, 4) is 0 Å². The lowest BCUT2D eigenvalue weighted by Gasteiger charge is -2.21. The first kappa shape index (κ1) is 11.1. The van der Waals surface area contributed by atoms with Gasteiger partial charge in [0.2, 0.25) is 0 Å². The topological polar surface area (TPSA) is 40.5 Å². The van der Waals surface area contributed by atoms with Crippen molar-refractivity contribution in [2.75, 3.05) is 6.54 Å². The van der Waals surface area contributed by atoms with Crippen LogP contribution in [0, 0.1) is 6.92 Å². The van der Waals surface area contributed by atoms with Crippen LogP contribution >= 0.6 is 0 Å².